The number of aliphatic hydroxyl groups excluding tert-OH is 2. The summed E-state index contributed by atoms with van der Waals surface area (Å²) in [7, 11) is 0. The van der Waals surface area contributed by atoms with Gasteiger partial charge in [-0.05, 0) is 57.8 Å². The predicted molar refractivity (Wildman–Crippen MR) is 246 cm³/mol. The minimum Gasteiger partial charge on any atom is -0.462 e. The van der Waals surface area contributed by atoms with E-state index in [0.717, 1.165) is 70.6 Å². The van der Waals surface area contributed by atoms with Crippen LogP contribution in [-0.2, 0) is 14.3 Å². The molecular weight excluding hydrogens is 707 g/mol. The van der Waals surface area contributed by atoms with Crippen LogP contribution < -0.4 is 5.32 Å². The molecule has 0 rings (SSSR count). The predicted octanol–water partition coefficient (Wildman–Crippen LogP) is 14.7. The Morgan fingerprint density at radius 3 is 1.37 bits per heavy atom. The van der Waals surface area contributed by atoms with E-state index >= 15 is 0 Å². The third-order valence-electron chi connectivity index (χ3n) is 11.5. The SMILES string of the molecule is CCCCC/C=C\C/C=C\CCCCCCCC(CC(=O)NC(CO)C(O)CCCCCCCCCCCC)OC(=O)CCCCCCCCCCCCCCC. The van der Waals surface area contributed by atoms with Crippen LogP contribution in [0.5, 0.6) is 0 Å². The van der Waals surface area contributed by atoms with Crippen molar-refractivity contribution in [2.24, 2.45) is 0 Å². The quantitative estimate of drug-likeness (QED) is 0.0324. The van der Waals surface area contributed by atoms with E-state index in [1.54, 1.807) is 0 Å². The molecule has 0 aromatic carbocycles. The van der Waals surface area contributed by atoms with Gasteiger partial charge in [-0.15, -0.1) is 0 Å². The van der Waals surface area contributed by atoms with Gasteiger partial charge in [0, 0.05) is 6.42 Å². The molecule has 0 radical (unpaired) electrons. The molecule has 0 aromatic rings. The van der Waals surface area contributed by atoms with Crippen LogP contribution in [0.4, 0.5) is 0 Å². The molecule has 3 atom stereocenters. The van der Waals surface area contributed by atoms with Crippen molar-refractivity contribution in [3.05, 3.63) is 24.3 Å². The zero-order valence-electron chi connectivity index (χ0n) is 38.2. The molecule has 1 amide bonds. The van der Waals surface area contributed by atoms with Crippen molar-refractivity contribution in [2.75, 3.05) is 6.61 Å². The lowest BCUT2D eigenvalue weighted by Gasteiger charge is -2.24. The van der Waals surface area contributed by atoms with Crippen LogP contribution in [0, 0.1) is 0 Å². The van der Waals surface area contributed by atoms with Crippen LogP contribution in [0.3, 0.4) is 0 Å². The van der Waals surface area contributed by atoms with Gasteiger partial charge in [-0.25, -0.2) is 0 Å². The molecule has 0 aliphatic rings. The summed E-state index contributed by atoms with van der Waals surface area (Å²) >= 11 is 0. The monoisotopic (exact) mass is 804 g/mol. The number of nitrogens with one attached hydrogen (secondary N) is 1. The second-order valence-corrected chi connectivity index (χ2v) is 17.2. The number of amides is 1. The smallest absolute Gasteiger partial charge is 0.306 e. The summed E-state index contributed by atoms with van der Waals surface area (Å²) in [5.41, 5.74) is 0. The normalized spacial score (nSPS) is 13.4. The first-order chi connectivity index (χ1) is 28.0. The molecule has 6 heteroatoms. The number of allylic oxidation sites excluding steroid dienone is 4. The lowest BCUT2D eigenvalue weighted by atomic mass is 10.0. The van der Waals surface area contributed by atoms with E-state index in [9.17, 15) is 19.8 Å². The third kappa shape index (κ3) is 40.9. The first-order valence-corrected chi connectivity index (χ1v) is 25.1. The molecule has 0 fully saturated rings. The summed E-state index contributed by atoms with van der Waals surface area (Å²) < 4.78 is 5.92. The Balaban J connectivity index is 4.60. The van der Waals surface area contributed by atoms with Crippen LogP contribution in [0.1, 0.15) is 265 Å². The fourth-order valence-electron chi connectivity index (χ4n) is 7.70. The average molecular weight is 804 g/mol. The molecule has 57 heavy (non-hydrogen) atoms. The van der Waals surface area contributed by atoms with E-state index in [-0.39, 0.29) is 24.9 Å². The van der Waals surface area contributed by atoms with Crippen LogP contribution >= 0.6 is 0 Å². The molecular formula is C51H97NO5. The number of ether oxygens (including phenoxy) is 1. The lowest BCUT2D eigenvalue weighted by molar-refractivity contribution is -0.151. The second-order valence-electron chi connectivity index (χ2n) is 17.2. The van der Waals surface area contributed by atoms with Crippen molar-refractivity contribution >= 4 is 11.9 Å². The highest BCUT2D eigenvalue weighted by Crippen LogP contribution is 2.18. The number of esters is 1. The maximum atomic E-state index is 13.2. The molecule has 336 valence electrons. The van der Waals surface area contributed by atoms with Gasteiger partial charge in [-0.3, -0.25) is 9.59 Å². The number of aliphatic hydroxyl groups is 2. The summed E-state index contributed by atoms with van der Waals surface area (Å²) in [5, 5.41) is 23.7. The van der Waals surface area contributed by atoms with Gasteiger partial charge < -0.3 is 20.3 Å². The van der Waals surface area contributed by atoms with Crippen LogP contribution in [0.15, 0.2) is 24.3 Å². The van der Waals surface area contributed by atoms with Gasteiger partial charge in [0.2, 0.25) is 5.91 Å². The molecule has 0 heterocycles. The zero-order valence-corrected chi connectivity index (χ0v) is 38.2. The van der Waals surface area contributed by atoms with E-state index in [2.05, 4.69) is 50.4 Å². The van der Waals surface area contributed by atoms with Crippen molar-refractivity contribution in [1.29, 1.82) is 0 Å². The van der Waals surface area contributed by atoms with Crippen LogP contribution in [-0.4, -0.2) is 46.9 Å². The number of rotatable bonds is 45. The fourth-order valence-corrected chi connectivity index (χ4v) is 7.70. The van der Waals surface area contributed by atoms with Gasteiger partial charge in [-0.2, -0.15) is 0 Å². The number of unbranched alkanes of at least 4 members (excludes halogenated alkanes) is 29. The molecule has 0 aromatic heterocycles. The van der Waals surface area contributed by atoms with Crippen LogP contribution in [0.25, 0.3) is 0 Å². The fraction of sp³-hybridized carbons (Fsp3) is 0.882. The highest BCUT2D eigenvalue weighted by Gasteiger charge is 2.24. The van der Waals surface area contributed by atoms with Gasteiger partial charge in [0.15, 0.2) is 0 Å². The van der Waals surface area contributed by atoms with Gasteiger partial charge >= 0.3 is 5.97 Å². The van der Waals surface area contributed by atoms with Gasteiger partial charge in [0.1, 0.15) is 6.10 Å². The number of hydrogen-bond donors (Lipinski definition) is 3. The van der Waals surface area contributed by atoms with E-state index in [1.165, 1.54) is 148 Å². The molecule has 3 N–H and O–H groups in total. The Labute approximate surface area is 354 Å². The molecule has 0 saturated carbocycles. The number of carbonyl (C=O) groups excluding carboxylic acids is 2. The molecule has 0 saturated heterocycles. The molecule has 0 aliphatic heterocycles. The van der Waals surface area contributed by atoms with Crippen molar-refractivity contribution in [3.8, 4) is 0 Å². The molecule has 0 spiro atoms. The highest BCUT2D eigenvalue weighted by molar-refractivity contribution is 5.77. The summed E-state index contributed by atoms with van der Waals surface area (Å²) in [5.74, 6) is -0.476. The second kappa shape index (κ2) is 45.4. The van der Waals surface area contributed by atoms with E-state index in [0.29, 0.717) is 19.3 Å². The standard InChI is InChI=1S/C51H97NO5/c1-4-7-10-13-16-19-22-24-25-27-28-30-33-36-39-42-47(57-51(56)44-41-38-35-32-29-26-23-20-17-14-11-8-5-2)45-50(55)52-48(46-53)49(54)43-40-37-34-31-21-18-15-12-9-6-3/h16,19,24-25,47-49,53-54H,4-15,17-18,20-23,26-46H2,1-3H3,(H,52,55)/b19-16-,25-24-. The minimum absolute atomic E-state index is 0.0731. The number of carbonyl (C=O) groups is 2. The van der Waals surface area contributed by atoms with Crippen molar-refractivity contribution < 1.29 is 24.5 Å². The van der Waals surface area contributed by atoms with Crippen molar-refractivity contribution in [1.82, 2.24) is 5.32 Å². The van der Waals surface area contributed by atoms with Gasteiger partial charge in [0.25, 0.3) is 0 Å². The summed E-state index contributed by atoms with van der Waals surface area (Å²) in [6.45, 7) is 6.45. The van der Waals surface area contributed by atoms with Crippen molar-refractivity contribution in [3.63, 3.8) is 0 Å². The Morgan fingerprint density at radius 1 is 0.509 bits per heavy atom. The third-order valence-corrected chi connectivity index (χ3v) is 11.5. The Morgan fingerprint density at radius 2 is 0.895 bits per heavy atom. The van der Waals surface area contributed by atoms with E-state index in [1.807, 2.05) is 0 Å². The molecule has 6 nitrogen and oxygen atoms in total. The van der Waals surface area contributed by atoms with Gasteiger partial charge in [0.05, 0.1) is 25.2 Å². The van der Waals surface area contributed by atoms with Gasteiger partial charge in [-0.1, -0.05) is 218 Å². The zero-order chi connectivity index (χ0) is 41.7. The van der Waals surface area contributed by atoms with E-state index < -0.39 is 18.2 Å². The lowest BCUT2D eigenvalue weighted by Crippen LogP contribution is -2.46. The highest BCUT2D eigenvalue weighted by atomic mass is 16.5. The average Bonchev–Trinajstić information content (AvgIpc) is 3.20. The Hall–Kier alpha value is -1.66. The molecule has 0 aliphatic carbocycles. The van der Waals surface area contributed by atoms with Crippen molar-refractivity contribution in [2.45, 2.75) is 283 Å². The maximum absolute atomic E-state index is 13.2. The Bertz CT molecular complexity index is 904. The molecule has 0 bridgehead atoms. The maximum Gasteiger partial charge on any atom is 0.306 e. The first-order valence-electron chi connectivity index (χ1n) is 25.1. The topological polar surface area (TPSA) is 95.9 Å². The first kappa shape index (κ1) is 55.3. The van der Waals surface area contributed by atoms with Crippen LogP contribution in [0.2, 0.25) is 0 Å². The minimum atomic E-state index is -0.786. The summed E-state index contributed by atoms with van der Waals surface area (Å²) in [4.78, 5) is 26.1. The largest absolute Gasteiger partial charge is 0.462 e. The summed E-state index contributed by atoms with van der Waals surface area (Å²) in [6.07, 6.45) is 50.9. The van der Waals surface area contributed by atoms with E-state index in [4.69, 9.17) is 4.74 Å². The Kier molecular flexibility index (Phi) is 44.1. The number of hydrogen-bond acceptors (Lipinski definition) is 5. The summed E-state index contributed by atoms with van der Waals surface area (Å²) in [6, 6.07) is -0.700. The molecule has 3 unspecified atom stereocenters.